The van der Waals surface area contributed by atoms with Crippen LogP contribution in [-0.2, 0) is 0 Å². The molecule has 0 aromatic carbocycles. The standard InChI is InChI=1S/C7H10ClN/c1-3-7(8)5-4-6(2)9/h3-5H,1,9H2,2H3/b6-4+,7-5+. The lowest BCUT2D eigenvalue weighted by Gasteiger charge is -1.84. The highest BCUT2D eigenvalue weighted by atomic mass is 35.5. The van der Waals surface area contributed by atoms with Crippen LogP contribution < -0.4 is 5.73 Å². The van der Waals surface area contributed by atoms with Gasteiger partial charge < -0.3 is 5.73 Å². The minimum atomic E-state index is 0.597. The topological polar surface area (TPSA) is 26.0 Å². The number of hydrogen-bond donors (Lipinski definition) is 1. The minimum absolute atomic E-state index is 0.597. The summed E-state index contributed by atoms with van der Waals surface area (Å²) in [5.41, 5.74) is 6.05. The second-order valence-electron chi connectivity index (χ2n) is 1.67. The van der Waals surface area contributed by atoms with Crippen molar-refractivity contribution >= 4 is 11.6 Å². The van der Waals surface area contributed by atoms with Gasteiger partial charge in [0.05, 0.1) is 0 Å². The lowest BCUT2D eigenvalue weighted by molar-refractivity contribution is 1.32. The van der Waals surface area contributed by atoms with Crippen molar-refractivity contribution in [2.75, 3.05) is 0 Å². The highest BCUT2D eigenvalue weighted by molar-refractivity contribution is 6.31. The Bertz CT molecular complexity index is 152. The molecule has 0 aliphatic heterocycles. The van der Waals surface area contributed by atoms with E-state index in [4.69, 9.17) is 17.3 Å². The smallest absolute Gasteiger partial charge is 0.0400 e. The van der Waals surface area contributed by atoms with E-state index in [0.717, 1.165) is 5.70 Å². The second kappa shape index (κ2) is 4.21. The summed E-state index contributed by atoms with van der Waals surface area (Å²) in [7, 11) is 0. The first-order chi connectivity index (χ1) is 4.16. The van der Waals surface area contributed by atoms with E-state index in [1.54, 1.807) is 25.2 Å². The van der Waals surface area contributed by atoms with E-state index in [2.05, 4.69) is 6.58 Å². The van der Waals surface area contributed by atoms with Gasteiger partial charge in [0, 0.05) is 10.7 Å². The summed E-state index contributed by atoms with van der Waals surface area (Å²) in [5.74, 6) is 0. The van der Waals surface area contributed by atoms with Gasteiger partial charge >= 0.3 is 0 Å². The number of allylic oxidation sites excluding steroid dienone is 5. The zero-order chi connectivity index (χ0) is 7.28. The molecule has 0 saturated heterocycles. The average Bonchev–Trinajstić information content (AvgIpc) is 1.83. The van der Waals surface area contributed by atoms with E-state index < -0.39 is 0 Å². The number of hydrogen-bond acceptors (Lipinski definition) is 1. The Morgan fingerprint density at radius 2 is 2.11 bits per heavy atom. The predicted octanol–water partition coefficient (Wildman–Crippen LogP) is 2.16. The van der Waals surface area contributed by atoms with E-state index >= 15 is 0 Å². The maximum absolute atomic E-state index is 5.55. The van der Waals surface area contributed by atoms with Gasteiger partial charge in [-0.1, -0.05) is 24.3 Å². The molecule has 9 heavy (non-hydrogen) atoms. The monoisotopic (exact) mass is 143 g/mol. The highest BCUT2D eigenvalue weighted by Crippen LogP contribution is 2.01. The van der Waals surface area contributed by atoms with Crippen LogP contribution in [0.15, 0.2) is 35.5 Å². The summed E-state index contributed by atoms with van der Waals surface area (Å²) >= 11 is 5.55. The first kappa shape index (κ1) is 8.31. The van der Waals surface area contributed by atoms with Crippen molar-refractivity contribution in [3.8, 4) is 0 Å². The summed E-state index contributed by atoms with van der Waals surface area (Å²) in [5, 5.41) is 0.597. The summed E-state index contributed by atoms with van der Waals surface area (Å²) < 4.78 is 0. The van der Waals surface area contributed by atoms with E-state index in [-0.39, 0.29) is 0 Å². The molecule has 0 aliphatic carbocycles. The van der Waals surface area contributed by atoms with Crippen LogP contribution in [0.25, 0.3) is 0 Å². The molecule has 0 atom stereocenters. The molecule has 0 rings (SSSR count). The zero-order valence-electron chi connectivity index (χ0n) is 5.39. The van der Waals surface area contributed by atoms with Gasteiger partial charge in [-0.2, -0.15) is 0 Å². The van der Waals surface area contributed by atoms with Crippen LogP contribution in [0.4, 0.5) is 0 Å². The van der Waals surface area contributed by atoms with Crippen molar-refractivity contribution in [2.45, 2.75) is 6.92 Å². The van der Waals surface area contributed by atoms with Gasteiger partial charge in [-0.15, -0.1) is 0 Å². The van der Waals surface area contributed by atoms with Crippen LogP contribution in [0.5, 0.6) is 0 Å². The Morgan fingerprint density at radius 1 is 1.56 bits per heavy atom. The minimum Gasteiger partial charge on any atom is -0.402 e. The molecule has 2 N–H and O–H groups in total. The Hall–Kier alpha value is -0.690. The van der Waals surface area contributed by atoms with Crippen LogP contribution >= 0.6 is 11.6 Å². The van der Waals surface area contributed by atoms with Gasteiger partial charge in [-0.3, -0.25) is 0 Å². The normalized spacial score (nSPS) is 13.6. The van der Waals surface area contributed by atoms with Crippen LogP contribution in [-0.4, -0.2) is 0 Å². The highest BCUT2D eigenvalue weighted by Gasteiger charge is 1.77. The number of halogens is 1. The molecule has 0 unspecified atom stereocenters. The molecule has 0 amide bonds. The van der Waals surface area contributed by atoms with E-state index in [0.29, 0.717) is 5.03 Å². The quantitative estimate of drug-likeness (QED) is 0.589. The fourth-order valence-electron chi connectivity index (χ4n) is 0.279. The third-order valence-corrected chi connectivity index (χ3v) is 0.981. The lowest BCUT2D eigenvalue weighted by Crippen LogP contribution is -1.87. The van der Waals surface area contributed by atoms with Crippen molar-refractivity contribution in [3.63, 3.8) is 0 Å². The average molecular weight is 144 g/mol. The molecular weight excluding hydrogens is 134 g/mol. The molecular formula is C7H10ClN. The summed E-state index contributed by atoms with van der Waals surface area (Å²) in [4.78, 5) is 0. The van der Waals surface area contributed by atoms with Crippen LogP contribution in [0, 0.1) is 0 Å². The molecule has 0 bridgehead atoms. The Labute approximate surface area is 60.5 Å². The molecule has 2 heteroatoms. The first-order valence-electron chi connectivity index (χ1n) is 2.59. The SMILES string of the molecule is C=C/C(Cl)=C\C=C(/C)N. The van der Waals surface area contributed by atoms with Gasteiger partial charge in [0.25, 0.3) is 0 Å². The van der Waals surface area contributed by atoms with E-state index in [1.807, 2.05) is 0 Å². The molecule has 0 spiro atoms. The Morgan fingerprint density at radius 3 is 2.44 bits per heavy atom. The maximum atomic E-state index is 5.55. The van der Waals surface area contributed by atoms with Crippen LogP contribution in [0.3, 0.4) is 0 Å². The third kappa shape index (κ3) is 5.18. The van der Waals surface area contributed by atoms with Gasteiger partial charge in [0.2, 0.25) is 0 Å². The predicted molar refractivity (Wildman–Crippen MR) is 42.1 cm³/mol. The third-order valence-electron chi connectivity index (χ3n) is 0.700. The number of nitrogens with two attached hydrogens (primary N) is 1. The Balaban J connectivity index is 3.98. The molecule has 50 valence electrons. The second-order valence-corrected chi connectivity index (χ2v) is 2.10. The largest absolute Gasteiger partial charge is 0.402 e. The maximum Gasteiger partial charge on any atom is 0.0400 e. The summed E-state index contributed by atoms with van der Waals surface area (Å²) in [6.45, 7) is 5.26. The molecule has 0 aromatic rings. The van der Waals surface area contributed by atoms with Crippen molar-refractivity contribution in [3.05, 3.63) is 35.5 Å². The van der Waals surface area contributed by atoms with Crippen molar-refractivity contribution in [1.29, 1.82) is 0 Å². The van der Waals surface area contributed by atoms with Gasteiger partial charge in [0.15, 0.2) is 0 Å². The van der Waals surface area contributed by atoms with Gasteiger partial charge in [-0.05, 0) is 19.1 Å². The molecule has 0 saturated carbocycles. The van der Waals surface area contributed by atoms with E-state index in [1.165, 1.54) is 0 Å². The van der Waals surface area contributed by atoms with Gasteiger partial charge in [0.1, 0.15) is 0 Å². The van der Waals surface area contributed by atoms with Crippen molar-refractivity contribution < 1.29 is 0 Å². The van der Waals surface area contributed by atoms with E-state index in [9.17, 15) is 0 Å². The van der Waals surface area contributed by atoms with Crippen molar-refractivity contribution in [1.82, 2.24) is 0 Å². The van der Waals surface area contributed by atoms with Crippen LogP contribution in [0.2, 0.25) is 0 Å². The lowest BCUT2D eigenvalue weighted by atomic mass is 10.4. The molecule has 0 fully saturated rings. The molecule has 0 aromatic heterocycles. The Kier molecular flexibility index (Phi) is 3.89. The first-order valence-corrected chi connectivity index (χ1v) is 2.96. The van der Waals surface area contributed by atoms with Crippen LogP contribution in [0.1, 0.15) is 6.92 Å². The fourth-order valence-corrected chi connectivity index (χ4v) is 0.342. The molecule has 0 aliphatic rings. The summed E-state index contributed by atoms with van der Waals surface area (Å²) in [6.07, 6.45) is 4.98. The molecule has 0 heterocycles. The summed E-state index contributed by atoms with van der Waals surface area (Å²) in [6, 6.07) is 0. The fraction of sp³-hybridized carbons (Fsp3) is 0.143. The zero-order valence-corrected chi connectivity index (χ0v) is 6.15. The van der Waals surface area contributed by atoms with Gasteiger partial charge in [-0.25, -0.2) is 0 Å². The van der Waals surface area contributed by atoms with Crippen molar-refractivity contribution in [2.24, 2.45) is 5.73 Å². The molecule has 1 nitrogen and oxygen atoms in total. The number of rotatable bonds is 2. The molecule has 0 radical (unpaired) electrons.